The van der Waals surface area contributed by atoms with Crippen molar-refractivity contribution in [2.45, 2.75) is 13.8 Å². The first-order valence-corrected chi connectivity index (χ1v) is 16.5. The first-order valence-electron chi connectivity index (χ1n) is 15.7. The molecule has 0 unspecified atom stereocenters. The van der Waals surface area contributed by atoms with Crippen molar-refractivity contribution in [3.63, 3.8) is 0 Å². The molecule has 224 valence electrons. The standard InChI is InChI=1S/C40H25BF2N2OS/c1-22-8-5-11-27(42)39(22)44-29-13-7-14-30-37(29)41(38-31(44)16-17-35-36(38)25-10-3-4-15-34(25)47-35)26-20-24-18-19-46-33(24)21-32(26)45(30)40-23(2)9-6-12-28(40)43/h3-21H,1-2H3. The Balaban J connectivity index is 1.42. The zero-order chi connectivity index (χ0) is 31.6. The normalized spacial score (nSPS) is 13.4. The Morgan fingerprint density at radius 1 is 0.617 bits per heavy atom. The van der Waals surface area contributed by atoms with E-state index in [-0.39, 0.29) is 18.3 Å². The Kier molecular flexibility index (Phi) is 5.45. The molecule has 0 fully saturated rings. The van der Waals surface area contributed by atoms with Crippen LogP contribution in [0.2, 0.25) is 0 Å². The maximum atomic E-state index is 16.1. The lowest BCUT2D eigenvalue weighted by Gasteiger charge is -2.44. The van der Waals surface area contributed by atoms with Gasteiger partial charge in [0.2, 0.25) is 0 Å². The summed E-state index contributed by atoms with van der Waals surface area (Å²) in [6.45, 7) is 3.69. The molecule has 8 aromatic rings. The van der Waals surface area contributed by atoms with Crippen LogP contribution in [-0.4, -0.2) is 6.71 Å². The van der Waals surface area contributed by atoms with E-state index in [1.54, 1.807) is 29.7 Å². The minimum atomic E-state index is -0.309. The summed E-state index contributed by atoms with van der Waals surface area (Å²) in [5.41, 5.74) is 10.1. The number of halogens is 2. The topological polar surface area (TPSA) is 19.6 Å². The lowest BCUT2D eigenvalue weighted by atomic mass is 9.33. The second-order valence-corrected chi connectivity index (χ2v) is 13.5. The van der Waals surface area contributed by atoms with E-state index in [1.165, 1.54) is 32.3 Å². The molecule has 0 bridgehead atoms. The molecule has 2 aliphatic heterocycles. The molecule has 3 nitrogen and oxygen atoms in total. The molecule has 0 atom stereocenters. The average molecular weight is 631 g/mol. The highest BCUT2D eigenvalue weighted by atomic mass is 32.1. The van der Waals surface area contributed by atoms with Gasteiger partial charge in [-0.2, -0.15) is 0 Å². The van der Waals surface area contributed by atoms with Crippen molar-refractivity contribution in [3.8, 4) is 0 Å². The first kappa shape index (κ1) is 26.8. The molecule has 2 aromatic heterocycles. The maximum absolute atomic E-state index is 16.1. The van der Waals surface area contributed by atoms with Crippen LogP contribution in [0.4, 0.5) is 42.9 Å². The number of aryl methyl sites for hydroxylation is 2. The number of nitrogens with zero attached hydrogens (tertiary/aromatic N) is 2. The summed E-state index contributed by atoms with van der Waals surface area (Å²) in [7, 11) is 0. The number of furan rings is 1. The van der Waals surface area contributed by atoms with Gasteiger partial charge in [-0.3, -0.25) is 0 Å². The van der Waals surface area contributed by atoms with Gasteiger partial charge in [0.1, 0.15) is 17.2 Å². The fourth-order valence-corrected chi connectivity index (χ4v) is 9.12. The number of anilines is 6. The average Bonchev–Trinajstić information content (AvgIpc) is 3.69. The van der Waals surface area contributed by atoms with Gasteiger partial charge < -0.3 is 14.2 Å². The van der Waals surface area contributed by atoms with E-state index >= 15 is 8.78 Å². The molecule has 0 saturated carbocycles. The largest absolute Gasteiger partial charge is 0.464 e. The molecule has 0 radical (unpaired) electrons. The van der Waals surface area contributed by atoms with Gasteiger partial charge in [-0.05, 0) is 101 Å². The number of rotatable bonds is 2. The molecule has 0 aliphatic carbocycles. The second kappa shape index (κ2) is 9.56. The fourth-order valence-electron chi connectivity index (χ4n) is 8.00. The van der Waals surface area contributed by atoms with Crippen LogP contribution in [0.15, 0.2) is 120 Å². The zero-order valence-corrected chi connectivity index (χ0v) is 26.3. The van der Waals surface area contributed by atoms with Gasteiger partial charge in [0.15, 0.2) is 0 Å². The summed E-state index contributed by atoms with van der Waals surface area (Å²) < 4.78 is 40.5. The Morgan fingerprint density at radius 3 is 2.00 bits per heavy atom. The first-order chi connectivity index (χ1) is 23.0. The highest BCUT2D eigenvalue weighted by Crippen LogP contribution is 2.48. The third-order valence-electron chi connectivity index (χ3n) is 9.90. The summed E-state index contributed by atoms with van der Waals surface area (Å²) >= 11 is 1.77. The number of hydrogen-bond acceptors (Lipinski definition) is 4. The molecule has 2 aliphatic rings. The van der Waals surface area contributed by atoms with Crippen molar-refractivity contribution in [1.29, 1.82) is 0 Å². The van der Waals surface area contributed by atoms with Gasteiger partial charge in [0, 0.05) is 43.6 Å². The van der Waals surface area contributed by atoms with E-state index in [2.05, 4.69) is 59.5 Å². The predicted octanol–water partition coefficient (Wildman–Crippen LogP) is 9.78. The molecule has 4 heterocycles. The Morgan fingerprint density at radius 2 is 1.28 bits per heavy atom. The molecule has 0 saturated heterocycles. The Labute approximate surface area is 274 Å². The number of fused-ring (bicyclic) bond motifs is 9. The van der Waals surface area contributed by atoms with Crippen molar-refractivity contribution in [2.75, 3.05) is 9.80 Å². The van der Waals surface area contributed by atoms with Gasteiger partial charge in [0.25, 0.3) is 6.71 Å². The van der Waals surface area contributed by atoms with Crippen molar-refractivity contribution in [3.05, 3.63) is 138 Å². The van der Waals surface area contributed by atoms with Crippen LogP contribution >= 0.6 is 11.3 Å². The van der Waals surface area contributed by atoms with Crippen LogP contribution in [0.1, 0.15) is 11.1 Å². The van der Waals surface area contributed by atoms with E-state index in [0.29, 0.717) is 11.4 Å². The van der Waals surface area contributed by atoms with Crippen LogP contribution in [0.5, 0.6) is 0 Å². The number of thiophene rings is 1. The molecule has 0 spiro atoms. The van der Waals surface area contributed by atoms with E-state index in [9.17, 15) is 0 Å². The SMILES string of the molecule is Cc1cccc(F)c1N1c2cc3occc3cc2B2c3c1cccc3N(c1c(C)cccc1F)c1ccc3sc4ccccc4c3c12. The van der Waals surface area contributed by atoms with Crippen LogP contribution < -0.4 is 26.2 Å². The summed E-state index contributed by atoms with van der Waals surface area (Å²) in [5, 5.41) is 3.32. The van der Waals surface area contributed by atoms with Gasteiger partial charge >= 0.3 is 0 Å². The highest BCUT2D eigenvalue weighted by Gasteiger charge is 2.45. The maximum Gasteiger partial charge on any atom is 0.253 e. The van der Waals surface area contributed by atoms with Crippen LogP contribution in [0.3, 0.4) is 0 Å². The monoisotopic (exact) mass is 630 g/mol. The number of benzene rings is 6. The van der Waals surface area contributed by atoms with Crippen LogP contribution in [0, 0.1) is 25.5 Å². The predicted molar refractivity (Wildman–Crippen MR) is 193 cm³/mol. The highest BCUT2D eigenvalue weighted by molar-refractivity contribution is 7.26. The zero-order valence-electron chi connectivity index (χ0n) is 25.5. The van der Waals surface area contributed by atoms with Gasteiger partial charge in [-0.25, -0.2) is 8.78 Å². The molecule has 0 N–H and O–H groups in total. The van der Waals surface area contributed by atoms with Crippen molar-refractivity contribution < 1.29 is 13.2 Å². The lowest BCUT2D eigenvalue weighted by molar-refractivity contribution is 0.615. The Bertz CT molecular complexity index is 2580. The molecular formula is C40H25BF2N2OS. The number of para-hydroxylation sites is 2. The van der Waals surface area contributed by atoms with E-state index in [4.69, 9.17) is 4.42 Å². The molecule has 47 heavy (non-hydrogen) atoms. The summed E-state index contributed by atoms with van der Waals surface area (Å²) in [6, 6.07) is 35.6. The fraction of sp³-hybridized carbons (Fsp3) is 0.0500. The van der Waals surface area contributed by atoms with Gasteiger partial charge in [-0.15, -0.1) is 11.3 Å². The molecular weight excluding hydrogens is 605 g/mol. The number of hydrogen-bond donors (Lipinski definition) is 0. The summed E-state index contributed by atoms with van der Waals surface area (Å²) in [4.78, 5) is 4.13. The lowest BCUT2D eigenvalue weighted by Crippen LogP contribution is -2.61. The third kappa shape index (κ3) is 3.55. The second-order valence-electron chi connectivity index (χ2n) is 12.5. The smallest absolute Gasteiger partial charge is 0.253 e. The van der Waals surface area contributed by atoms with Gasteiger partial charge in [-0.1, -0.05) is 54.6 Å². The third-order valence-corrected chi connectivity index (χ3v) is 11.0. The molecule has 7 heteroatoms. The van der Waals surface area contributed by atoms with Crippen molar-refractivity contribution in [1.82, 2.24) is 0 Å². The molecule has 10 rings (SSSR count). The van der Waals surface area contributed by atoms with Crippen LogP contribution in [-0.2, 0) is 0 Å². The summed E-state index contributed by atoms with van der Waals surface area (Å²) in [6.07, 6.45) is 1.70. The van der Waals surface area contributed by atoms with Crippen molar-refractivity contribution >= 4 is 99.7 Å². The van der Waals surface area contributed by atoms with E-state index in [0.717, 1.165) is 61.2 Å². The molecule has 0 amide bonds. The summed E-state index contributed by atoms with van der Waals surface area (Å²) in [5.74, 6) is -0.601. The van der Waals surface area contributed by atoms with Gasteiger partial charge in [0.05, 0.1) is 17.6 Å². The Hall–Kier alpha value is -5.40. The van der Waals surface area contributed by atoms with E-state index < -0.39 is 0 Å². The molecule has 6 aromatic carbocycles. The van der Waals surface area contributed by atoms with Crippen molar-refractivity contribution in [2.24, 2.45) is 0 Å². The minimum absolute atomic E-state index is 0.209. The quantitative estimate of drug-likeness (QED) is 0.177. The van der Waals surface area contributed by atoms with Crippen LogP contribution in [0.25, 0.3) is 31.1 Å². The minimum Gasteiger partial charge on any atom is -0.464 e. The van der Waals surface area contributed by atoms with E-state index in [1.807, 2.05) is 49.1 Å².